The zero-order valence-corrected chi connectivity index (χ0v) is 8.34. The molecule has 2 nitrogen and oxygen atoms in total. The lowest BCUT2D eigenvalue weighted by atomic mass is 10.2. The van der Waals surface area contributed by atoms with Crippen molar-refractivity contribution in [3.8, 4) is 0 Å². The molecule has 0 heterocycles. The molecular formula is C10H19NO. The molecule has 0 aromatic carbocycles. The highest BCUT2D eigenvalue weighted by molar-refractivity contribution is 5.75. The van der Waals surface area contributed by atoms with Crippen LogP contribution < -0.4 is 0 Å². The fourth-order valence-corrected chi connectivity index (χ4v) is 0.884. The SMILES string of the molecule is C/C=C/CN(C)C(=O)CCCC. The maximum absolute atomic E-state index is 11.3. The third-order valence-corrected chi connectivity index (χ3v) is 1.78. The number of likely N-dealkylation sites (N-methyl/N-ethyl adjacent to an activating group) is 1. The second kappa shape index (κ2) is 6.89. The van der Waals surface area contributed by atoms with Gasteiger partial charge in [-0.05, 0) is 13.3 Å². The highest BCUT2D eigenvalue weighted by Gasteiger charge is 2.04. The van der Waals surface area contributed by atoms with Gasteiger partial charge in [0.15, 0.2) is 0 Å². The van der Waals surface area contributed by atoms with Gasteiger partial charge in [0.1, 0.15) is 0 Å². The number of rotatable bonds is 5. The maximum Gasteiger partial charge on any atom is 0.222 e. The standard InChI is InChI=1S/C10H19NO/c1-4-6-8-10(12)11(3)9-7-5-2/h5,7H,4,6,8-9H2,1-3H3/b7-5+. The van der Waals surface area contributed by atoms with E-state index in [4.69, 9.17) is 0 Å². The highest BCUT2D eigenvalue weighted by atomic mass is 16.2. The smallest absolute Gasteiger partial charge is 0.222 e. The van der Waals surface area contributed by atoms with E-state index in [-0.39, 0.29) is 5.91 Å². The lowest BCUT2D eigenvalue weighted by Crippen LogP contribution is -2.26. The molecular weight excluding hydrogens is 150 g/mol. The molecule has 2 heteroatoms. The molecule has 0 fully saturated rings. The molecule has 0 saturated heterocycles. The number of allylic oxidation sites excluding steroid dienone is 1. The first-order valence-corrected chi connectivity index (χ1v) is 4.57. The number of carbonyl (C=O) groups is 1. The van der Waals surface area contributed by atoms with Crippen LogP contribution in [0.3, 0.4) is 0 Å². The fourth-order valence-electron chi connectivity index (χ4n) is 0.884. The Bertz CT molecular complexity index is 152. The number of carbonyl (C=O) groups excluding carboxylic acids is 1. The average Bonchev–Trinajstić information content (AvgIpc) is 2.10. The Kier molecular flexibility index (Phi) is 6.44. The number of hydrogen-bond donors (Lipinski definition) is 0. The second-order valence-electron chi connectivity index (χ2n) is 2.95. The molecule has 0 aromatic heterocycles. The van der Waals surface area contributed by atoms with E-state index in [0.29, 0.717) is 6.42 Å². The monoisotopic (exact) mass is 169 g/mol. The van der Waals surface area contributed by atoms with Crippen LogP contribution in [-0.4, -0.2) is 24.4 Å². The molecule has 1 amide bonds. The van der Waals surface area contributed by atoms with E-state index in [1.54, 1.807) is 4.90 Å². The Hall–Kier alpha value is -0.790. The molecule has 0 spiro atoms. The maximum atomic E-state index is 11.3. The Balaban J connectivity index is 3.61. The third-order valence-electron chi connectivity index (χ3n) is 1.78. The van der Waals surface area contributed by atoms with Crippen LogP contribution in [0.15, 0.2) is 12.2 Å². The average molecular weight is 169 g/mol. The fraction of sp³-hybridized carbons (Fsp3) is 0.700. The largest absolute Gasteiger partial charge is 0.342 e. The minimum Gasteiger partial charge on any atom is -0.342 e. The lowest BCUT2D eigenvalue weighted by Gasteiger charge is -2.14. The first-order valence-electron chi connectivity index (χ1n) is 4.57. The number of unbranched alkanes of at least 4 members (excludes halogenated alkanes) is 1. The van der Waals surface area contributed by atoms with E-state index < -0.39 is 0 Å². The second-order valence-corrected chi connectivity index (χ2v) is 2.95. The Morgan fingerprint density at radius 2 is 2.17 bits per heavy atom. The van der Waals surface area contributed by atoms with Gasteiger partial charge < -0.3 is 4.90 Å². The summed E-state index contributed by atoms with van der Waals surface area (Å²) >= 11 is 0. The van der Waals surface area contributed by atoms with E-state index in [2.05, 4.69) is 6.92 Å². The molecule has 0 atom stereocenters. The van der Waals surface area contributed by atoms with E-state index in [1.165, 1.54) is 0 Å². The van der Waals surface area contributed by atoms with Gasteiger partial charge in [0, 0.05) is 20.0 Å². The molecule has 0 aromatic rings. The predicted molar refractivity (Wildman–Crippen MR) is 52.0 cm³/mol. The molecule has 0 unspecified atom stereocenters. The molecule has 0 aliphatic heterocycles. The van der Waals surface area contributed by atoms with Crippen LogP contribution in [0.5, 0.6) is 0 Å². The zero-order valence-electron chi connectivity index (χ0n) is 8.34. The van der Waals surface area contributed by atoms with Gasteiger partial charge in [0.05, 0.1) is 0 Å². The van der Waals surface area contributed by atoms with Crippen LogP contribution in [0.2, 0.25) is 0 Å². The molecule has 0 aliphatic rings. The molecule has 0 aliphatic carbocycles. The molecule has 12 heavy (non-hydrogen) atoms. The summed E-state index contributed by atoms with van der Waals surface area (Å²) in [6.45, 7) is 4.79. The van der Waals surface area contributed by atoms with Gasteiger partial charge in [-0.25, -0.2) is 0 Å². The first kappa shape index (κ1) is 11.2. The lowest BCUT2D eigenvalue weighted by molar-refractivity contribution is -0.129. The van der Waals surface area contributed by atoms with Crippen molar-refractivity contribution in [2.45, 2.75) is 33.1 Å². The summed E-state index contributed by atoms with van der Waals surface area (Å²) in [6, 6.07) is 0. The van der Waals surface area contributed by atoms with Gasteiger partial charge >= 0.3 is 0 Å². The zero-order chi connectivity index (χ0) is 9.40. The van der Waals surface area contributed by atoms with E-state index in [9.17, 15) is 4.79 Å². The van der Waals surface area contributed by atoms with Crippen LogP contribution in [0.4, 0.5) is 0 Å². The molecule has 0 saturated carbocycles. The molecule has 70 valence electrons. The summed E-state index contributed by atoms with van der Waals surface area (Å²) in [6.07, 6.45) is 6.72. The summed E-state index contributed by atoms with van der Waals surface area (Å²) in [7, 11) is 1.85. The topological polar surface area (TPSA) is 20.3 Å². The first-order chi connectivity index (χ1) is 5.72. The van der Waals surface area contributed by atoms with Gasteiger partial charge in [-0.2, -0.15) is 0 Å². The van der Waals surface area contributed by atoms with Crippen LogP contribution >= 0.6 is 0 Å². The molecule has 0 N–H and O–H groups in total. The van der Waals surface area contributed by atoms with Crippen molar-refractivity contribution in [3.05, 3.63) is 12.2 Å². The minimum absolute atomic E-state index is 0.245. The van der Waals surface area contributed by atoms with Crippen molar-refractivity contribution in [1.29, 1.82) is 0 Å². The van der Waals surface area contributed by atoms with Gasteiger partial charge in [0.2, 0.25) is 5.91 Å². The van der Waals surface area contributed by atoms with E-state index >= 15 is 0 Å². The Labute approximate surface area is 75.3 Å². The summed E-state index contributed by atoms with van der Waals surface area (Å²) in [5.74, 6) is 0.245. The highest BCUT2D eigenvalue weighted by Crippen LogP contribution is 1.98. The normalized spacial score (nSPS) is 10.6. The van der Waals surface area contributed by atoms with Crippen LogP contribution in [0.25, 0.3) is 0 Å². The quantitative estimate of drug-likeness (QED) is 0.578. The number of hydrogen-bond acceptors (Lipinski definition) is 1. The van der Waals surface area contributed by atoms with Crippen molar-refractivity contribution in [1.82, 2.24) is 4.90 Å². The van der Waals surface area contributed by atoms with Crippen molar-refractivity contribution in [3.63, 3.8) is 0 Å². The van der Waals surface area contributed by atoms with Gasteiger partial charge in [-0.15, -0.1) is 0 Å². The van der Waals surface area contributed by atoms with Crippen molar-refractivity contribution < 1.29 is 4.79 Å². The predicted octanol–water partition coefficient (Wildman–Crippen LogP) is 2.21. The van der Waals surface area contributed by atoms with Crippen molar-refractivity contribution in [2.24, 2.45) is 0 Å². The molecule has 0 bridgehead atoms. The third kappa shape index (κ3) is 4.94. The summed E-state index contributed by atoms with van der Waals surface area (Å²) in [5, 5.41) is 0. The van der Waals surface area contributed by atoms with Gasteiger partial charge in [-0.3, -0.25) is 4.79 Å². The Morgan fingerprint density at radius 3 is 2.67 bits per heavy atom. The number of nitrogens with zero attached hydrogens (tertiary/aromatic N) is 1. The minimum atomic E-state index is 0.245. The molecule has 0 rings (SSSR count). The summed E-state index contributed by atoms with van der Waals surface area (Å²) in [5.41, 5.74) is 0. The summed E-state index contributed by atoms with van der Waals surface area (Å²) < 4.78 is 0. The molecule has 0 radical (unpaired) electrons. The number of amides is 1. The van der Waals surface area contributed by atoms with Crippen LogP contribution in [0.1, 0.15) is 33.1 Å². The van der Waals surface area contributed by atoms with Gasteiger partial charge in [0.25, 0.3) is 0 Å². The Morgan fingerprint density at radius 1 is 1.50 bits per heavy atom. The van der Waals surface area contributed by atoms with Crippen LogP contribution in [0, 0.1) is 0 Å². The van der Waals surface area contributed by atoms with Crippen LogP contribution in [-0.2, 0) is 4.79 Å². The van der Waals surface area contributed by atoms with Crippen molar-refractivity contribution in [2.75, 3.05) is 13.6 Å². The van der Waals surface area contributed by atoms with E-state index in [0.717, 1.165) is 19.4 Å². The van der Waals surface area contributed by atoms with E-state index in [1.807, 2.05) is 26.1 Å². The summed E-state index contributed by atoms with van der Waals surface area (Å²) in [4.78, 5) is 13.1. The van der Waals surface area contributed by atoms with Gasteiger partial charge in [-0.1, -0.05) is 25.5 Å². The van der Waals surface area contributed by atoms with Crippen molar-refractivity contribution >= 4 is 5.91 Å².